The molecule has 0 aromatic heterocycles. The lowest BCUT2D eigenvalue weighted by atomic mass is 9.84. The topological polar surface area (TPSA) is 71.4 Å². The van der Waals surface area contributed by atoms with Gasteiger partial charge in [-0.05, 0) is 55.9 Å². The molecule has 0 radical (unpaired) electrons. The first-order valence-electron chi connectivity index (χ1n) is 10.7. The number of methoxy groups -OCH3 is 1. The fourth-order valence-electron chi connectivity index (χ4n) is 2.76. The van der Waals surface area contributed by atoms with Gasteiger partial charge < -0.3 is 14.5 Å². The van der Waals surface area contributed by atoms with Gasteiger partial charge in [0.1, 0.15) is 0 Å². The van der Waals surface area contributed by atoms with Gasteiger partial charge in [0.15, 0.2) is 13.7 Å². The van der Waals surface area contributed by atoms with Crippen LogP contribution < -0.4 is 5.32 Å². The Morgan fingerprint density at radius 1 is 1.20 bits per heavy atom. The molecule has 0 fully saturated rings. The number of hydrogen-bond acceptors (Lipinski definition) is 5. The highest BCUT2D eigenvalue weighted by Crippen LogP contribution is 2.36. The van der Waals surface area contributed by atoms with E-state index in [9.17, 15) is 10.1 Å². The van der Waals surface area contributed by atoms with Crippen molar-refractivity contribution in [2.24, 2.45) is 5.41 Å². The molecule has 6 heteroatoms. The summed E-state index contributed by atoms with van der Waals surface area (Å²) < 4.78 is 11.1. The Balaban J connectivity index is 2.56. The molecule has 1 unspecified atom stereocenters. The van der Waals surface area contributed by atoms with Gasteiger partial charge in [-0.2, -0.15) is 5.26 Å². The number of unbranched alkanes of at least 4 members (excludes halogenated alkanes) is 1. The summed E-state index contributed by atoms with van der Waals surface area (Å²) in [5, 5.41) is 13.3. The number of allylic oxidation sites excluding steroid dienone is 1. The molecule has 0 aliphatic carbocycles. The fourth-order valence-corrected chi connectivity index (χ4v) is 3.85. The summed E-state index contributed by atoms with van der Waals surface area (Å²) in [6, 6.07) is 12.1. The van der Waals surface area contributed by atoms with Crippen molar-refractivity contribution >= 4 is 20.0 Å². The van der Waals surface area contributed by atoms with Crippen LogP contribution in [0.15, 0.2) is 42.5 Å². The number of rotatable bonds is 12. The molecule has 1 aromatic rings. The highest BCUT2D eigenvalue weighted by molar-refractivity contribution is 6.74. The van der Waals surface area contributed by atoms with Crippen molar-refractivity contribution in [3.8, 4) is 6.07 Å². The summed E-state index contributed by atoms with van der Waals surface area (Å²) in [7, 11) is -0.409. The SMILES string of the molecule is COC(=O)C(C#N)(/C=C/CCCO[Si](C)(C)C(C)(C)C)CCCNc1ccccc1. The maximum atomic E-state index is 12.4. The second kappa shape index (κ2) is 11.9. The number of esters is 1. The first kappa shape index (κ1) is 25.9. The number of nitrogens with one attached hydrogen (secondary N) is 1. The van der Waals surface area contributed by atoms with Gasteiger partial charge in [0, 0.05) is 18.8 Å². The van der Waals surface area contributed by atoms with Crippen LogP contribution in [-0.4, -0.2) is 34.5 Å². The summed E-state index contributed by atoms with van der Waals surface area (Å²) in [5.74, 6) is -0.501. The molecule has 1 N–H and O–H groups in total. The number of nitrogens with zero attached hydrogens (tertiary/aromatic N) is 1. The van der Waals surface area contributed by atoms with Crippen LogP contribution in [0.5, 0.6) is 0 Å². The molecule has 0 saturated carbocycles. The molecule has 166 valence electrons. The van der Waals surface area contributed by atoms with Crippen LogP contribution in [0.2, 0.25) is 18.1 Å². The number of benzene rings is 1. The Labute approximate surface area is 183 Å². The summed E-state index contributed by atoms with van der Waals surface area (Å²) in [6.07, 6.45) is 6.34. The lowest BCUT2D eigenvalue weighted by molar-refractivity contribution is -0.147. The molecular weight excluding hydrogens is 392 g/mol. The highest BCUT2D eigenvalue weighted by atomic mass is 28.4. The Morgan fingerprint density at radius 2 is 1.87 bits per heavy atom. The number of hydrogen-bond donors (Lipinski definition) is 1. The van der Waals surface area contributed by atoms with Crippen LogP contribution in [0.25, 0.3) is 0 Å². The predicted molar refractivity (Wildman–Crippen MR) is 126 cm³/mol. The molecule has 0 amide bonds. The van der Waals surface area contributed by atoms with Crippen LogP contribution >= 0.6 is 0 Å². The average Bonchev–Trinajstić information content (AvgIpc) is 2.71. The Morgan fingerprint density at radius 3 is 2.43 bits per heavy atom. The molecule has 30 heavy (non-hydrogen) atoms. The summed E-state index contributed by atoms with van der Waals surface area (Å²) in [4.78, 5) is 12.4. The Kier molecular flexibility index (Phi) is 10.3. The molecule has 1 aromatic carbocycles. The van der Waals surface area contributed by atoms with Crippen molar-refractivity contribution < 1.29 is 14.0 Å². The van der Waals surface area contributed by atoms with Crippen LogP contribution in [0.4, 0.5) is 5.69 Å². The molecule has 0 heterocycles. The van der Waals surface area contributed by atoms with Crippen molar-refractivity contribution in [1.82, 2.24) is 0 Å². The van der Waals surface area contributed by atoms with E-state index in [1.807, 2.05) is 36.4 Å². The van der Waals surface area contributed by atoms with Gasteiger partial charge in [0.25, 0.3) is 0 Å². The molecular formula is C24H38N2O3Si. The van der Waals surface area contributed by atoms with Crippen molar-refractivity contribution in [2.45, 2.75) is 64.6 Å². The van der Waals surface area contributed by atoms with E-state index < -0.39 is 19.7 Å². The summed E-state index contributed by atoms with van der Waals surface area (Å²) >= 11 is 0. The van der Waals surface area contributed by atoms with Gasteiger partial charge in [-0.3, -0.25) is 0 Å². The Bertz CT molecular complexity index is 720. The van der Waals surface area contributed by atoms with Gasteiger partial charge in [-0.15, -0.1) is 0 Å². The first-order valence-corrected chi connectivity index (χ1v) is 13.6. The van der Waals surface area contributed by atoms with E-state index in [-0.39, 0.29) is 5.04 Å². The zero-order valence-electron chi connectivity index (χ0n) is 19.5. The van der Waals surface area contributed by atoms with E-state index in [0.717, 1.165) is 18.5 Å². The minimum Gasteiger partial charge on any atom is -0.468 e. The molecule has 5 nitrogen and oxygen atoms in total. The smallest absolute Gasteiger partial charge is 0.330 e. The third-order valence-corrected chi connectivity index (χ3v) is 10.3. The molecule has 0 saturated heterocycles. The summed E-state index contributed by atoms with van der Waals surface area (Å²) in [5.41, 5.74) is -0.219. The lowest BCUT2D eigenvalue weighted by Gasteiger charge is -2.36. The number of carbonyl (C=O) groups excluding carboxylic acids is 1. The van der Waals surface area contributed by atoms with Gasteiger partial charge in [-0.1, -0.05) is 51.1 Å². The lowest BCUT2D eigenvalue weighted by Crippen LogP contribution is -2.40. The standard InChI is InChI=1S/C24H38N2O3Si/c1-23(2,3)30(5,6)29-19-12-8-11-16-24(20-25,22(27)28-4)17-13-18-26-21-14-9-7-10-15-21/h7,9-11,14-16,26H,8,12-13,17-19H2,1-6H3/b16-11+. The second-order valence-electron chi connectivity index (χ2n) is 9.12. The maximum Gasteiger partial charge on any atom is 0.330 e. The van der Waals surface area contributed by atoms with E-state index in [1.165, 1.54) is 7.11 Å². The van der Waals surface area contributed by atoms with Gasteiger partial charge >= 0.3 is 5.97 Å². The van der Waals surface area contributed by atoms with Gasteiger partial charge in [-0.25, -0.2) is 4.79 Å². The summed E-state index contributed by atoms with van der Waals surface area (Å²) in [6.45, 7) is 12.5. The van der Waals surface area contributed by atoms with Crippen LogP contribution in [-0.2, 0) is 14.0 Å². The van der Waals surface area contributed by atoms with Crippen LogP contribution in [0.1, 0.15) is 46.5 Å². The van der Waals surface area contributed by atoms with Crippen molar-refractivity contribution in [2.75, 3.05) is 25.6 Å². The molecule has 0 aliphatic heterocycles. The van der Waals surface area contributed by atoms with Crippen LogP contribution in [0.3, 0.4) is 0 Å². The van der Waals surface area contributed by atoms with Crippen molar-refractivity contribution in [3.63, 3.8) is 0 Å². The van der Waals surface area contributed by atoms with E-state index in [2.05, 4.69) is 45.3 Å². The zero-order valence-corrected chi connectivity index (χ0v) is 20.5. The number of ether oxygens (including phenoxy) is 1. The molecule has 1 rings (SSSR count). The minimum atomic E-state index is -1.74. The van der Waals surface area contributed by atoms with Crippen molar-refractivity contribution in [3.05, 3.63) is 42.5 Å². The highest BCUT2D eigenvalue weighted by Gasteiger charge is 2.37. The van der Waals surface area contributed by atoms with Gasteiger partial charge in [0.05, 0.1) is 13.2 Å². The molecule has 0 bridgehead atoms. The normalized spacial score (nSPS) is 14.2. The Hall–Kier alpha value is -2.10. The number of anilines is 1. The van der Waals surface area contributed by atoms with E-state index in [1.54, 1.807) is 6.08 Å². The molecule has 0 aliphatic rings. The number of nitriles is 1. The predicted octanol–water partition coefficient (Wildman–Crippen LogP) is 5.92. The number of carbonyl (C=O) groups is 1. The third kappa shape index (κ3) is 7.96. The molecule has 1 atom stereocenters. The monoisotopic (exact) mass is 430 g/mol. The molecule has 0 spiro atoms. The van der Waals surface area contributed by atoms with E-state index in [0.29, 0.717) is 26.0 Å². The maximum absolute atomic E-state index is 12.4. The third-order valence-electron chi connectivity index (χ3n) is 5.79. The van der Waals surface area contributed by atoms with Gasteiger partial charge in [0.2, 0.25) is 0 Å². The zero-order chi connectivity index (χ0) is 22.7. The largest absolute Gasteiger partial charge is 0.468 e. The second-order valence-corrected chi connectivity index (χ2v) is 13.9. The van der Waals surface area contributed by atoms with E-state index >= 15 is 0 Å². The number of para-hydroxylation sites is 1. The minimum absolute atomic E-state index is 0.192. The quantitative estimate of drug-likeness (QED) is 0.193. The fraction of sp³-hybridized carbons (Fsp3) is 0.583. The van der Waals surface area contributed by atoms with E-state index in [4.69, 9.17) is 9.16 Å². The average molecular weight is 431 g/mol. The van der Waals surface area contributed by atoms with Crippen LogP contribution in [0, 0.1) is 16.7 Å². The van der Waals surface area contributed by atoms with Crippen molar-refractivity contribution in [1.29, 1.82) is 5.26 Å². The first-order chi connectivity index (χ1) is 14.1.